The first-order chi connectivity index (χ1) is 10.6. The van der Waals surface area contributed by atoms with Crippen molar-refractivity contribution in [3.8, 4) is 5.75 Å². The van der Waals surface area contributed by atoms with Gasteiger partial charge in [0, 0.05) is 0 Å². The fourth-order valence-corrected chi connectivity index (χ4v) is 3.17. The van der Waals surface area contributed by atoms with Crippen LogP contribution in [-0.4, -0.2) is 15.7 Å². The van der Waals surface area contributed by atoms with Crippen molar-refractivity contribution in [2.24, 2.45) is 0 Å². The van der Waals surface area contributed by atoms with Crippen LogP contribution in [0, 0.1) is 6.92 Å². The third kappa shape index (κ3) is 6.95. The van der Waals surface area contributed by atoms with Gasteiger partial charge in [-0.05, 0) is 25.5 Å². The van der Waals surface area contributed by atoms with Gasteiger partial charge in [0.25, 0.3) is 0 Å². The molecule has 0 saturated heterocycles. The Morgan fingerprint density at radius 3 is 2.32 bits per heavy atom. The lowest BCUT2D eigenvalue weighted by Gasteiger charge is -2.11. The number of aromatic hydroxyl groups is 1. The van der Waals surface area contributed by atoms with Crippen LogP contribution >= 0.6 is 15.9 Å². The Bertz CT molecular complexity index is 457. The van der Waals surface area contributed by atoms with Crippen molar-refractivity contribution in [3.63, 3.8) is 0 Å². The Kier molecular flexibility index (Phi) is 9.45. The van der Waals surface area contributed by atoms with Gasteiger partial charge in [-0.25, -0.2) is 0 Å². The summed E-state index contributed by atoms with van der Waals surface area (Å²) in [6.45, 7) is 4.16. The van der Waals surface area contributed by atoms with E-state index in [0.29, 0.717) is 5.56 Å². The summed E-state index contributed by atoms with van der Waals surface area (Å²) in [6, 6.07) is 5.17. The molecule has 1 atom stereocenters. The molecule has 0 heterocycles. The first-order valence-electron chi connectivity index (χ1n) is 8.54. The molecule has 0 fully saturated rings. The second kappa shape index (κ2) is 10.8. The summed E-state index contributed by atoms with van der Waals surface area (Å²) in [7, 11) is 0. The molecule has 0 aliphatic heterocycles. The molecule has 0 spiro atoms. The van der Waals surface area contributed by atoms with Gasteiger partial charge in [0.1, 0.15) is 5.75 Å². The van der Waals surface area contributed by atoms with Gasteiger partial charge in [0.2, 0.25) is 0 Å². The van der Waals surface area contributed by atoms with Crippen LogP contribution in [0.2, 0.25) is 0 Å². The first-order valence-corrected chi connectivity index (χ1v) is 9.45. The molecular weight excluding hydrogens is 340 g/mol. The Hall–Kier alpha value is -0.830. The third-order valence-electron chi connectivity index (χ3n) is 4.01. The average molecular weight is 369 g/mol. The van der Waals surface area contributed by atoms with E-state index in [1.54, 1.807) is 12.1 Å². The monoisotopic (exact) mass is 368 g/mol. The van der Waals surface area contributed by atoms with E-state index in [4.69, 9.17) is 0 Å². The van der Waals surface area contributed by atoms with E-state index >= 15 is 0 Å². The standard InChI is InChI=1S/C19H29BrO2/c1-3-4-5-6-7-8-9-10-11-17(20)19(22)16-14-15(2)12-13-18(16)21/h12-14,17,21H,3-11H2,1-2H3/t17-/m1/s1. The van der Waals surface area contributed by atoms with Crippen LogP contribution in [0.15, 0.2) is 18.2 Å². The summed E-state index contributed by atoms with van der Waals surface area (Å²) in [6.07, 6.45) is 11.0. The lowest BCUT2D eigenvalue weighted by atomic mass is 10.0. The van der Waals surface area contributed by atoms with Crippen molar-refractivity contribution in [3.05, 3.63) is 29.3 Å². The highest BCUT2D eigenvalue weighted by atomic mass is 79.9. The average Bonchev–Trinajstić information content (AvgIpc) is 2.51. The summed E-state index contributed by atoms with van der Waals surface area (Å²) >= 11 is 3.48. The number of aryl methyl sites for hydroxylation is 1. The Labute approximate surface area is 143 Å². The zero-order valence-corrected chi connectivity index (χ0v) is 15.5. The minimum absolute atomic E-state index is 0.0101. The predicted molar refractivity (Wildman–Crippen MR) is 97.1 cm³/mol. The third-order valence-corrected chi connectivity index (χ3v) is 4.89. The minimum atomic E-state index is -0.194. The Morgan fingerprint density at radius 1 is 1.09 bits per heavy atom. The summed E-state index contributed by atoms with van der Waals surface area (Å²) < 4.78 is 0. The molecule has 0 aliphatic carbocycles. The molecule has 22 heavy (non-hydrogen) atoms. The number of halogens is 1. The molecule has 1 rings (SSSR count). The van der Waals surface area contributed by atoms with Gasteiger partial charge in [-0.2, -0.15) is 0 Å². The first kappa shape index (κ1) is 19.2. The van der Waals surface area contributed by atoms with E-state index in [1.165, 1.54) is 44.9 Å². The van der Waals surface area contributed by atoms with Crippen LogP contribution in [0.4, 0.5) is 0 Å². The maximum Gasteiger partial charge on any atom is 0.180 e. The fraction of sp³-hybridized carbons (Fsp3) is 0.632. The molecular formula is C19H29BrO2. The number of ketones is 1. The van der Waals surface area contributed by atoms with E-state index in [-0.39, 0.29) is 16.4 Å². The molecule has 3 heteroatoms. The second-order valence-corrected chi connectivity index (χ2v) is 7.22. The maximum atomic E-state index is 12.3. The zero-order valence-electron chi connectivity index (χ0n) is 13.9. The van der Waals surface area contributed by atoms with Gasteiger partial charge < -0.3 is 5.11 Å². The van der Waals surface area contributed by atoms with Crippen molar-refractivity contribution >= 4 is 21.7 Å². The van der Waals surface area contributed by atoms with E-state index in [9.17, 15) is 9.90 Å². The number of hydrogen-bond acceptors (Lipinski definition) is 2. The number of benzene rings is 1. The molecule has 1 aromatic rings. The van der Waals surface area contributed by atoms with Crippen molar-refractivity contribution in [2.45, 2.75) is 76.5 Å². The van der Waals surface area contributed by atoms with E-state index in [0.717, 1.165) is 18.4 Å². The van der Waals surface area contributed by atoms with Crippen molar-refractivity contribution < 1.29 is 9.90 Å². The Balaban J connectivity index is 2.26. The topological polar surface area (TPSA) is 37.3 Å². The number of unbranched alkanes of at least 4 members (excludes halogenated alkanes) is 7. The van der Waals surface area contributed by atoms with Gasteiger partial charge in [-0.15, -0.1) is 0 Å². The lowest BCUT2D eigenvalue weighted by molar-refractivity contribution is 0.0985. The highest BCUT2D eigenvalue weighted by Gasteiger charge is 2.19. The summed E-state index contributed by atoms with van der Waals surface area (Å²) in [5.41, 5.74) is 1.43. The van der Waals surface area contributed by atoms with Crippen molar-refractivity contribution in [2.75, 3.05) is 0 Å². The molecule has 2 nitrogen and oxygen atoms in total. The number of rotatable bonds is 11. The molecule has 124 valence electrons. The van der Waals surface area contributed by atoms with Crippen LogP contribution in [0.25, 0.3) is 0 Å². The molecule has 0 unspecified atom stereocenters. The van der Waals surface area contributed by atoms with Crippen molar-refractivity contribution in [1.82, 2.24) is 0 Å². The van der Waals surface area contributed by atoms with Crippen LogP contribution < -0.4 is 0 Å². The predicted octanol–water partition coefficient (Wildman–Crippen LogP) is 6.18. The minimum Gasteiger partial charge on any atom is -0.507 e. The van der Waals surface area contributed by atoms with Gasteiger partial charge in [0.15, 0.2) is 5.78 Å². The molecule has 0 amide bonds. The smallest absolute Gasteiger partial charge is 0.180 e. The van der Waals surface area contributed by atoms with E-state index in [1.807, 2.05) is 13.0 Å². The molecule has 0 saturated carbocycles. The largest absolute Gasteiger partial charge is 0.507 e. The fourth-order valence-electron chi connectivity index (χ4n) is 2.60. The highest BCUT2D eigenvalue weighted by molar-refractivity contribution is 9.10. The quantitative estimate of drug-likeness (QED) is 0.287. The van der Waals surface area contributed by atoms with Gasteiger partial charge in [-0.1, -0.05) is 85.9 Å². The number of carbonyl (C=O) groups is 1. The van der Waals surface area contributed by atoms with Gasteiger partial charge in [0.05, 0.1) is 10.4 Å². The number of Topliss-reactive ketones (excluding diaryl/α,β-unsaturated/α-hetero) is 1. The number of phenols is 1. The zero-order chi connectivity index (χ0) is 16.4. The van der Waals surface area contributed by atoms with Crippen LogP contribution in [-0.2, 0) is 0 Å². The summed E-state index contributed by atoms with van der Waals surface area (Å²) in [5, 5.41) is 9.82. The number of phenolic OH excluding ortho intramolecular Hbond substituents is 1. The molecule has 1 aromatic carbocycles. The Morgan fingerprint density at radius 2 is 1.68 bits per heavy atom. The van der Waals surface area contributed by atoms with Crippen LogP contribution in [0.3, 0.4) is 0 Å². The lowest BCUT2D eigenvalue weighted by Crippen LogP contribution is -2.14. The number of hydrogen-bond donors (Lipinski definition) is 1. The van der Waals surface area contributed by atoms with E-state index in [2.05, 4.69) is 22.9 Å². The molecule has 0 radical (unpaired) electrons. The molecule has 0 aromatic heterocycles. The van der Waals surface area contributed by atoms with E-state index < -0.39 is 0 Å². The normalized spacial score (nSPS) is 12.3. The molecule has 0 aliphatic rings. The molecule has 0 bridgehead atoms. The van der Waals surface area contributed by atoms with Gasteiger partial charge in [-0.3, -0.25) is 4.79 Å². The number of alkyl halides is 1. The van der Waals surface area contributed by atoms with Crippen LogP contribution in [0.5, 0.6) is 5.75 Å². The molecule has 1 N–H and O–H groups in total. The van der Waals surface area contributed by atoms with Gasteiger partial charge >= 0.3 is 0 Å². The summed E-state index contributed by atoms with van der Waals surface area (Å²) in [4.78, 5) is 12.2. The summed E-state index contributed by atoms with van der Waals surface area (Å²) in [5.74, 6) is 0.0696. The van der Waals surface area contributed by atoms with Crippen LogP contribution in [0.1, 0.15) is 80.6 Å². The maximum absolute atomic E-state index is 12.3. The highest BCUT2D eigenvalue weighted by Crippen LogP contribution is 2.24. The van der Waals surface area contributed by atoms with Crippen molar-refractivity contribution in [1.29, 1.82) is 0 Å². The number of carbonyl (C=O) groups excluding carboxylic acids is 1. The SMILES string of the molecule is CCCCCCCCCC[C@@H](Br)C(=O)c1cc(C)ccc1O. The second-order valence-electron chi connectivity index (χ2n) is 6.12.